The summed E-state index contributed by atoms with van der Waals surface area (Å²) in [5.74, 6) is 2.26. The van der Waals surface area contributed by atoms with Crippen LogP contribution < -0.4 is 10.6 Å². The van der Waals surface area contributed by atoms with E-state index in [1.165, 1.54) is 0 Å². The van der Waals surface area contributed by atoms with Gasteiger partial charge < -0.3 is 10.6 Å². The number of hydrogen-bond acceptors (Lipinski definition) is 5. The van der Waals surface area contributed by atoms with Crippen molar-refractivity contribution in [3.05, 3.63) is 11.9 Å². The van der Waals surface area contributed by atoms with Crippen LogP contribution in [0.4, 0.5) is 11.6 Å². The summed E-state index contributed by atoms with van der Waals surface area (Å²) in [6.07, 6.45) is 6.12. The highest BCUT2D eigenvalue weighted by Crippen LogP contribution is 2.33. The molecule has 0 atom stereocenters. The van der Waals surface area contributed by atoms with Gasteiger partial charge in [-0.25, -0.2) is 9.97 Å². The van der Waals surface area contributed by atoms with Gasteiger partial charge in [-0.3, -0.25) is 0 Å². The standard InChI is InChI=1S/C15H28N4S/c1-7-15(8-2,20-6)9-17-14-12(11(3)4)13(16-5)18-10-19-14/h10-11H,7-9H2,1-6H3,(H2,16,17,18,19). The normalized spacial score (nSPS) is 11.8. The minimum Gasteiger partial charge on any atom is -0.373 e. The third kappa shape index (κ3) is 3.78. The van der Waals surface area contributed by atoms with Crippen LogP contribution in [0.2, 0.25) is 0 Å². The Morgan fingerprint density at radius 1 is 1.20 bits per heavy atom. The lowest BCUT2D eigenvalue weighted by Crippen LogP contribution is -2.32. The first kappa shape index (κ1) is 17.1. The van der Waals surface area contributed by atoms with Gasteiger partial charge in [-0.05, 0) is 25.0 Å². The van der Waals surface area contributed by atoms with E-state index < -0.39 is 0 Å². The zero-order valence-corrected chi connectivity index (χ0v) is 14.4. The quantitative estimate of drug-likeness (QED) is 0.760. The van der Waals surface area contributed by atoms with Crippen molar-refractivity contribution in [1.82, 2.24) is 9.97 Å². The molecule has 0 bridgehead atoms. The maximum absolute atomic E-state index is 4.44. The summed E-state index contributed by atoms with van der Waals surface area (Å²) in [7, 11) is 1.91. The van der Waals surface area contributed by atoms with E-state index >= 15 is 0 Å². The van der Waals surface area contributed by atoms with Gasteiger partial charge in [0.2, 0.25) is 0 Å². The Hall–Kier alpha value is -0.970. The van der Waals surface area contributed by atoms with Crippen molar-refractivity contribution in [1.29, 1.82) is 0 Å². The Balaban J connectivity index is 2.98. The number of nitrogens with zero attached hydrogens (tertiary/aromatic N) is 2. The zero-order valence-electron chi connectivity index (χ0n) is 13.6. The van der Waals surface area contributed by atoms with Crippen LogP contribution in [0.3, 0.4) is 0 Å². The molecule has 2 N–H and O–H groups in total. The molecule has 0 amide bonds. The molecule has 5 heteroatoms. The van der Waals surface area contributed by atoms with Crippen LogP contribution in [0.15, 0.2) is 6.33 Å². The molecule has 0 saturated heterocycles. The lowest BCUT2D eigenvalue weighted by Gasteiger charge is -2.30. The number of nitrogens with one attached hydrogen (secondary N) is 2. The first-order valence-electron chi connectivity index (χ1n) is 7.35. The fourth-order valence-electron chi connectivity index (χ4n) is 2.39. The summed E-state index contributed by atoms with van der Waals surface area (Å²) in [6.45, 7) is 9.79. The first-order valence-corrected chi connectivity index (χ1v) is 8.57. The van der Waals surface area contributed by atoms with Crippen molar-refractivity contribution in [3.8, 4) is 0 Å². The predicted octanol–water partition coefficient (Wildman–Crippen LogP) is 3.98. The van der Waals surface area contributed by atoms with Crippen LogP contribution in [0.25, 0.3) is 0 Å². The SMILES string of the molecule is CCC(CC)(CNc1ncnc(NC)c1C(C)C)SC. The minimum absolute atomic E-state index is 0.277. The van der Waals surface area contributed by atoms with E-state index in [0.29, 0.717) is 5.92 Å². The molecule has 0 aromatic carbocycles. The molecule has 0 fully saturated rings. The second kappa shape index (κ2) is 7.72. The summed E-state index contributed by atoms with van der Waals surface area (Å²) >= 11 is 1.94. The maximum Gasteiger partial charge on any atom is 0.135 e. The molecule has 0 spiro atoms. The molecule has 0 aliphatic carbocycles. The molecular formula is C15H28N4S. The van der Waals surface area contributed by atoms with Crippen molar-refractivity contribution in [2.75, 3.05) is 30.5 Å². The third-order valence-electron chi connectivity index (χ3n) is 4.00. The summed E-state index contributed by atoms with van der Waals surface area (Å²) in [4.78, 5) is 8.76. The van der Waals surface area contributed by atoms with Gasteiger partial charge in [0, 0.05) is 23.9 Å². The molecule has 0 unspecified atom stereocenters. The molecule has 0 aliphatic rings. The maximum atomic E-state index is 4.44. The first-order chi connectivity index (χ1) is 9.53. The van der Waals surface area contributed by atoms with Gasteiger partial charge in [0.25, 0.3) is 0 Å². The van der Waals surface area contributed by atoms with E-state index in [1.54, 1.807) is 6.33 Å². The molecule has 114 valence electrons. The Morgan fingerprint density at radius 3 is 2.25 bits per heavy atom. The lowest BCUT2D eigenvalue weighted by atomic mass is 10.0. The summed E-state index contributed by atoms with van der Waals surface area (Å²) in [5, 5.41) is 6.71. The third-order valence-corrected chi connectivity index (χ3v) is 5.59. The highest BCUT2D eigenvalue weighted by atomic mass is 32.2. The van der Waals surface area contributed by atoms with Crippen LogP contribution in [-0.4, -0.2) is 34.6 Å². The monoisotopic (exact) mass is 296 g/mol. The van der Waals surface area contributed by atoms with E-state index in [0.717, 1.165) is 36.6 Å². The molecule has 20 heavy (non-hydrogen) atoms. The second-order valence-electron chi connectivity index (χ2n) is 5.34. The van der Waals surface area contributed by atoms with Gasteiger partial charge in [0.05, 0.1) is 0 Å². The Kier molecular flexibility index (Phi) is 6.59. The lowest BCUT2D eigenvalue weighted by molar-refractivity contribution is 0.573. The highest BCUT2D eigenvalue weighted by Gasteiger charge is 2.25. The van der Waals surface area contributed by atoms with Crippen LogP contribution in [-0.2, 0) is 0 Å². The number of anilines is 2. The highest BCUT2D eigenvalue weighted by molar-refractivity contribution is 8.00. The van der Waals surface area contributed by atoms with Gasteiger partial charge in [-0.1, -0.05) is 27.7 Å². The van der Waals surface area contributed by atoms with E-state index in [-0.39, 0.29) is 4.75 Å². The number of hydrogen-bond donors (Lipinski definition) is 2. The fraction of sp³-hybridized carbons (Fsp3) is 0.733. The molecule has 1 rings (SSSR count). The van der Waals surface area contributed by atoms with Crippen molar-refractivity contribution in [3.63, 3.8) is 0 Å². The Morgan fingerprint density at radius 2 is 1.80 bits per heavy atom. The van der Waals surface area contributed by atoms with Crippen LogP contribution in [0.1, 0.15) is 52.0 Å². The summed E-state index contributed by atoms with van der Waals surface area (Å²) in [5.41, 5.74) is 1.16. The van der Waals surface area contributed by atoms with Crippen LogP contribution in [0, 0.1) is 0 Å². The van der Waals surface area contributed by atoms with Gasteiger partial charge >= 0.3 is 0 Å². The zero-order chi connectivity index (χ0) is 15.2. The van der Waals surface area contributed by atoms with Gasteiger partial charge in [0.15, 0.2) is 0 Å². The van der Waals surface area contributed by atoms with Crippen molar-refractivity contribution in [2.24, 2.45) is 0 Å². The summed E-state index contributed by atoms with van der Waals surface area (Å²) < 4.78 is 0.277. The Labute approximate surface area is 127 Å². The molecule has 1 aromatic rings. The van der Waals surface area contributed by atoms with E-state index in [9.17, 15) is 0 Å². The predicted molar refractivity (Wildman–Crippen MR) is 91.0 cm³/mol. The Bertz CT molecular complexity index is 408. The smallest absolute Gasteiger partial charge is 0.135 e. The molecule has 0 saturated carbocycles. The molecule has 0 aliphatic heterocycles. The molecule has 0 radical (unpaired) electrons. The largest absolute Gasteiger partial charge is 0.373 e. The van der Waals surface area contributed by atoms with Gasteiger partial charge in [-0.15, -0.1) is 0 Å². The molecule has 4 nitrogen and oxygen atoms in total. The number of aromatic nitrogens is 2. The second-order valence-corrected chi connectivity index (χ2v) is 6.61. The number of thioether (sulfide) groups is 1. The van der Waals surface area contributed by atoms with E-state index in [2.05, 4.69) is 54.6 Å². The van der Waals surface area contributed by atoms with Crippen molar-refractivity contribution >= 4 is 23.4 Å². The number of rotatable bonds is 8. The minimum atomic E-state index is 0.277. The van der Waals surface area contributed by atoms with Crippen molar-refractivity contribution < 1.29 is 0 Å². The molecular weight excluding hydrogens is 268 g/mol. The van der Waals surface area contributed by atoms with Crippen LogP contribution >= 0.6 is 11.8 Å². The summed E-state index contributed by atoms with van der Waals surface area (Å²) in [6, 6.07) is 0. The molecule has 1 heterocycles. The molecule has 1 aromatic heterocycles. The van der Waals surface area contributed by atoms with Gasteiger partial charge in [0.1, 0.15) is 18.0 Å². The average molecular weight is 296 g/mol. The van der Waals surface area contributed by atoms with Crippen molar-refractivity contribution in [2.45, 2.75) is 51.2 Å². The average Bonchev–Trinajstić information content (AvgIpc) is 2.48. The topological polar surface area (TPSA) is 49.8 Å². The van der Waals surface area contributed by atoms with E-state index in [4.69, 9.17) is 0 Å². The van der Waals surface area contributed by atoms with Gasteiger partial charge in [-0.2, -0.15) is 11.8 Å². The fourth-order valence-corrected chi connectivity index (χ4v) is 3.18. The van der Waals surface area contributed by atoms with Crippen LogP contribution in [0.5, 0.6) is 0 Å². The van der Waals surface area contributed by atoms with E-state index in [1.807, 2.05) is 18.8 Å².